The Bertz CT molecular complexity index is 1010. The Labute approximate surface area is 143 Å². The Morgan fingerprint density at radius 3 is 3.32 bits per heavy atom. The zero-order valence-electron chi connectivity index (χ0n) is 20.7. The fourth-order valence-electron chi connectivity index (χ4n) is 4.52. The highest BCUT2D eigenvalue weighted by Gasteiger charge is 2.64. The lowest BCUT2D eigenvalue weighted by Crippen LogP contribution is -2.64. The maximum absolute atomic E-state index is 10.9. The van der Waals surface area contributed by atoms with Crippen LogP contribution in [0.4, 0.5) is 0 Å². The molecular formula is C18H21NO3. The van der Waals surface area contributed by atoms with Crippen molar-refractivity contribution in [1.29, 1.82) is 0 Å². The van der Waals surface area contributed by atoms with Crippen molar-refractivity contribution in [2.45, 2.75) is 36.4 Å². The average Bonchev–Trinajstić information content (AvgIpc) is 2.86. The third-order valence-electron chi connectivity index (χ3n) is 5.39. The number of aliphatic hydroxyl groups is 1. The van der Waals surface area contributed by atoms with Gasteiger partial charge >= 0.3 is 0 Å². The highest BCUT2D eigenvalue weighted by atomic mass is 16.5. The first-order valence-electron chi connectivity index (χ1n) is 11.8. The fraction of sp³-hybridized carbons (Fsp3) is 0.556. The van der Waals surface area contributed by atoms with Crippen molar-refractivity contribution >= 4 is 0 Å². The van der Waals surface area contributed by atoms with Crippen molar-refractivity contribution in [3.05, 3.63) is 35.4 Å². The number of hydrogen-bond donors (Lipinski definition) is 1. The predicted octanol–water partition coefficient (Wildman–Crippen LogP) is 1.50. The van der Waals surface area contributed by atoms with Crippen LogP contribution in [0.5, 0.6) is 11.5 Å². The van der Waals surface area contributed by atoms with Crippen molar-refractivity contribution < 1.29 is 26.9 Å². The Morgan fingerprint density at radius 2 is 2.45 bits per heavy atom. The molecule has 2 unspecified atom stereocenters. The van der Waals surface area contributed by atoms with Crippen molar-refractivity contribution in [2.24, 2.45) is 5.92 Å². The number of likely N-dealkylation sites (tertiary alicyclic amines) is 1. The minimum atomic E-state index is -2.79. The zero-order chi connectivity index (χ0) is 22.8. The minimum absolute atomic E-state index is 0.00556. The second-order valence-electron chi connectivity index (χ2n) is 6.22. The molecule has 0 amide bonds. The van der Waals surface area contributed by atoms with Crippen LogP contribution in [0.2, 0.25) is 0 Å². The van der Waals surface area contributed by atoms with Gasteiger partial charge in [-0.1, -0.05) is 18.2 Å². The second-order valence-corrected chi connectivity index (χ2v) is 6.22. The summed E-state index contributed by atoms with van der Waals surface area (Å²) in [5.74, 6) is -1.05. The summed E-state index contributed by atoms with van der Waals surface area (Å²) in [4.78, 5) is 1.13. The van der Waals surface area contributed by atoms with Gasteiger partial charge in [0.25, 0.3) is 0 Å². The van der Waals surface area contributed by atoms with Crippen LogP contribution in [0, 0.1) is 5.92 Å². The number of hydrogen-bond acceptors (Lipinski definition) is 4. The van der Waals surface area contributed by atoms with E-state index in [0.717, 1.165) is 11.0 Å². The van der Waals surface area contributed by atoms with Crippen LogP contribution < -0.4 is 9.47 Å². The average molecular weight is 308 g/mol. The number of nitrogens with zero attached hydrogens (tertiary/aromatic N) is 1. The summed E-state index contributed by atoms with van der Waals surface area (Å²) in [6.07, 6.45) is -2.30. The second kappa shape index (κ2) is 4.06. The van der Waals surface area contributed by atoms with Gasteiger partial charge in [-0.3, -0.25) is 0 Å². The molecule has 5 atom stereocenters. The fourth-order valence-corrected chi connectivity index (χ4v) is 4.52. The van der Waals surface area contributed by atoms with Crippen LogP contribution in [0.15, 0.2) is 24.3 Å². The van der Waals surface area contributed by atoms with Crippen LogP contribution in [0.1, 0.15) is 29.9 Å². The maximum Gasteiger partial charge on any atom is 0.165 e. The molecule has 5 rings (SSSR count). The molecule has 0 aromatic heterocycles. The van der Waals surface area contributed by atoms with E-state index in [1.54, 1.807) is 6.07 Å². The quantitative estimate of drug-likeness (QED) is 0.799. The van der Waals surface area contributed by atoms with E-state index in [9.17, 15) is 6.48 Å². The van der Waals surface area contributed by atoms with E-state index in [-0.39, 0.29) is 30.9 Å². The summed E-state index contributed by atoms with van der Waals surface area (Å²) >= 11 is 0. The van der Waals surface area contributed by atoms with Crippen molar-refractivity contribution in [1.82, 2.24) is 4.90 Å². The van der Waals surface area contributed by atoms with Gasteiger partial charge < -0.3 is 19.5 Å². The Balaban J connectivity index is 1.81. The molecule has 116 valence electrons. The van der Waals surface area contributed by atoms with Crippen LogP contribution in [0.3, 0.4) is 0 Å². The Morgan fingerprint density at radius 1 is 1.50 bits per heavy atom. The van der Waals surface area contributed by atoms with E-state index in [0.29, 0.717) is 11.1 Å². The lowest BCUT2D eigenvalue weighted by molar-refractivity contribution is -0.0453. The van der Waals surface area contributed by atoms with Gasteiger partial charge in [-0.05, 0) is 38.0 Å². The highest BCUT2D eigenvalue weighted by molar-refractivity contribution is 5.62. The van der Waals surface area contributed by atoms with Crippen molar-refractivity contribution in [3.63, 3.8) is 0 Å². The molecule has 2 aliphatic heterocycles. The van der Waals surface area contributed by atoms with Gasteiger partial charge in [-0.15, -0.1) is 0 Å². The van der Waals surface area contributed by atoms with E-state index in [1.807, 2.05) is 0 Å². The first-order chi connectivity index (χ1) is 14.1. The molecule has 1 fully saturated rings. The minimum Gasteiger partial charge on any atom is -0.493 e. The molecule has 2 bridgehead atoms. The smallest absolute Gasteiger partial charge is 0.165 e. The number of rotatable bonds is 1. The van der Waals surface area contributed by atoms with Crippen LogP contribution in [0.25, 0.3) is 0 Å². The summed E-state index contributed by atoms with van der Waals surface area (Å²) in [5.41, 5.74) is -0.468. The van der Waals surface area contributed by atoms with Gasteiger partial charge in [0.15, 0.2) is 11.5 Å². The van der Waals surface area contributed by atoms with Gasteiger partial charge in [0, 0.05) is 28.4 Å². The Hall–Kier alpha value is -1.52. The van der Waals surface area contributed by atoms with E-state index in [2.05, 4.69) is 0 Å². The molecule has 2 aliphatic carbocycles. The van der Waals surface area contributed by atoms with Crippen LogP contribution >= 0.6 is 0 Å². The lowest BCUT2D eigenvalue weighted by Gasteiger charge is -2.56. The van der Waals surface area contributed by atoms with E-state index in [4.69, 9.17) is 20.4 Å². The first-order valence-corrected chi connectivity index (χ1v) is 7.31. The molecule has 1 aromatic carbocycles. The van der Waals surface area contributed by atoms with Gasteiger partial charge in [0.05, 0.1) is 13.9 Å². The summed E-state index contributed by atoms with van der Waals surface area (Å²) in [6, 6.07) is 1.24. The third kappa shape index (κ3) is 1.28. The normalized spacial score (nSPS) is 58.2. The van der Waals surface area contributed by atoms with Gasteiger partial charge in [0.2, 0.25) is 0 Å². The Kier molecular flexibility index (Phi) is 1.28. The van der Waals surface area contributed by atoms with Crippen molar-refractivity contribution in [3.8, 4) is 11.5 Å². The molecular weight excluding hydrogens is 278 g/mol. The van der Waals surface area contributed by atoms with Crippen LogP contribution in [-0.2, 0) is 11.8 Å². The largest absolute Gasteiger partial charge is 0.493 e. The summed E-state index contributed by atoms with van der Waals surface area (Å²) in [7, 11) is -2.79. The molecule has 1 saturated heterocycles. The molecule has 2 heterocycles. The summed E-state index contributed by atoms with van der Waals surface area (Å²) < 4.78 is 84.0. The SMILES string of the molecule is [2H]C([2H])([2H])Oc1ccc2c3c1OC1([2H])C([2H])(O)C=C[C@H]4[C@@]([2H])(C2)N(C([2H])([2H])[2H])CC[C@@]341. The number of methoxy groups -OCH3 is 1. The monoisotopic (exact) mass is 308 g/mol. The number of piperidine rings is 1. The third-order valence-corrected chi connectivity index (χ3v) is 5.39. The van der Waals surface area contributed by atoms with Crippen LogP contribution in [-0.4, -0.2) is 48.7 Å². The number of likely N-dealkylation sites (N-methyl/N-ethyl adjacent to an activating group) is 1. The molecule has 4 nitrogen and oxygen atoms in total. The number of ether oxygens (including phenoxy) is 2. The summed E-state index contributed by atoms with van der Waals surface area (Å²) in [5, 5.41) is 10.9. The molecule has 0 radical (unpaired) electrons. The molecule has 4 aliphatic rings. The molecule has 1 aromatic rings. The first kappa shape index (κ1) is 6.93. The predicted molar refractivity (Wildman–Crippen MR) is 82.5 cm³/mol. The topological polar surface area (TPSA) is 41.9 Å². The van der Waals surface area contributed by atoms with Gasteiger partial charge in [0.1, 0.15) is 12.2 Å². The highest BCUT2D eigenvalue weighted by Crippen LogP contribution is 2.62. The van der Waals surface area contributed by atoms with E-state index >= 15 is 0 Å². The molecule has 4 heteroatoms. The van der Waals surface area contributed by atoms with Gasteiger partial charge in [-0.2, -0.15) is 0 Å². The molecule has 1 spiro atoms. The lowest BCUT2D eigenvalue weighted by atomic mass is 9.53. The van der Waals surface area contributed by atoms with Gasteiger partial charge in [-0.25, -0.2) is 0 Å². The molecule has 0 saturated carbocycles. The van der Waals surface area contributed by atoms with E-state index < -0.39 is 43.5 Å². The van der Waals surface area contributed by atoms with Crippen molar-refractivity contribution in [2.75, 3.05) is 20.6 Å². The van der Waals surface area contributed by atoms with E-state index in [1.165, 1.54) is 12.1 Å². The standard InChI is InChI=1S/C18H21NO3/c1-19-8-7-18-11-4-5-13(20)17(18)22-16-14(21-2)6-3-10(15(16)18)9-12(11)19/h3-6,11-13,17,20H,7-9H2,1-2H3/t11-,12+,13?,17?,18-/m0/s1/i1D3,2D3,12D,13D,17D. The summed E-state index contributed by atoms with van der Waals surface area (Å²) in [6.45, 7) is -2.63. The molecule has 22 heavy (non-hydrogen) atoms. The number of benzene rings is 1. The molecule has 1 N–H and O–H groups in total. The zero-order valence-corrected chi connectivity index (χ0v) is 11.7. The maximum atomic E-state index is 10.9.